The summed E-state index contributed by atoms with van der Waals surface area (Å²) in [6.45, 7) is 19.6. The maximum atomic E-state index is 11.7. The van der Waals surface area contributed by atoms with Crippen LogP contribution in [0.1, 0.15) is 108 Å². The van der Waals surface area contributed by atoms with E-state index in [1.54, 1.807) is 37.7 Å². The van der Waals surface area contributed by atoms with E-state index in [1.165, 1.54) is 0 Å². The summed E-state index contributed by atoms with van der Waals surface area (Å²) in [5.41, 5.74) is 2.66. The number of anilines is 3. The van der Waals surface area contributed by atoms with Crippen LogP contribution < -0.4 is 15.1 Å². The molecule has 0 saturated heterocycles. The fourth-order valence-corrected chi connectivity index (χ4v) is 3.45. The molecule has 0 aliphatic heterocycles. The molecule has 3 aromatic carbocycles. The first kappa shape index (κ1) is 65.7. The summed E-state index contributed by atoms with van der Waals surface area (Å²) < 4.78 is 0. The van der Waals surface area contributed by atoms with Gasteiger partial charge in [-0.25, -0.2) is 0 Å². The first-order valence-electron chi connectivity index (χ1n) is 18.0. The molecule has 0 aromatic heterocycles. The standard InChI is InChI=1S/C13H15NO.2C12H13NO.4C2H6.3W/c1-3-4-6-11-13(15)14(2)12-9-7-5-8-10-12;1-3-4-10-12(14)13(2)11-8-6-5-7-9-11;1-2-3-5-10-12(14)13-11-8-6-4-7-9-11;4*1-2;;;/h5,7-10H,6,11H2,1-2H3;1,5-9H,4,10H2,2H3;4,6-9H,5,10H2,1H3,(H,13,14);4*1-2H3;;;. The SMILES string of the molecule is C#CCCC(=O)N(C)c1ccccc1.CC.CC.CC.CC.CC#CCCC(=O)N(C)c1ccccc1.CC#CCCC(=O)Nc1ccccc1.[W].[W].[W]. The van der Waals surface area contributed by atoms with Crippen molar-refractivity contribution in [2.45, 2.75) is 108 Å². The molecule has 3 rings (SSSR count). The number of amides is 3. The molecule has 0 atom stereocenters. The van der Waals surface area contributed by atoms with Crippen LogP contribution in [0.15, 0.2) is 91.0 Å². The van der Waals surface area contributed by atoms with Gasteiger partial charge in [0.2, 0.25) is 17.7 Å². The smallest absolute Gasteiger partial charge is 0.227 e. The largest absolute Gasteiger partial charge is 0.326 e. The Morgan fingerprint density at radius 2 is 0.852 bits per heavy atom. The van der Waals surface area contributed by atoms with Crippen LogP contribution in [0.25, 0.3) is 0 Å². The molecule has 0 spiro atoms. The number of carbonyl (C=O) groups is 3. The first-order chi connectivity index (χ1) is 24.8. The maximum Gasteiger partial charge on any atom is 0.227 e. The predicted octanol–water partition coefficient (Wildman–Crippen LogP) is 11.0. The minimum absolute atomic E-state index is 0. The van der Waals surface area contributed by atoms with Gasteiger partial charge in [-0.05, 0) is 50.2 Å². The van der Waals surface area contributed by atoms with E-state index in [0.717, 1.165) is 17.1 Å². The monoisotopic (exact) mass is 1250 g/mol. The van der Waals surface area contributed by atoms with E-state index < -0.39 is 0 Å². The summed E-state index contributed by atoms with van der Waals surface area (Å²) in [5, 5.41) is 2.79. The van der Waals surface area contributed by atoms with Gasteiger partial charge in [0.25, 0.3) is 0 Å². The molecule has 0 aliphatic rings. The summed E-state index contributed by atoms with van der Waals surface area (Å²) in [6.07, 6.45) is 8.18. The van der Waals surface area contributed by atoms with Crippen LogP contribution in [0, 0.1) is 36.0 Å². The molecular weight excluding hydrogens is 1180 g/mol. The van der Waals surface area contributed by atoms with E-state index in [2.05, 4.69) is 34.9 Å². The molecule has 3 amide bonds. The van der Waals surface area contributed by atoms with Gasteiger partial charge in [-0.1, -0.05) is 110 Å². The van der Waals surface area contributed by atoms with Gasteiger partial charge >= 0.3 is 0 Å². The number of para-hydroxylation sites is 3. The average molecular weight is 1250 g/mol. The average Bonchev–Trinajstić information content (AvgIpc) is 3.21. The van der Waals surface area contributed by atoms with Crippen LogP contribution in [0.3, 0.4) is 0 Å². The number of rotatable bonds is 9. The van der Waals surface area contributed by atoms with E-state index in [0.29, 0.717) is 38.5 Å². The summed E-state index contributed by atoms with van der Waals surface area (Å²) in [5.74, 6) is 13.9. The van der Waals surface area contributed by atoms with Crippen molar-refractivity contribution in [2.24, 2.45) is 0 Å². The van der Waals surface area contributed by atoms with Gasteiger partial charge in [0, 0.05) is 133 Å². The Morgan fingerprint density at radius 3 is 1.19 bits per heavy atom. The number of nitrogens with one attached hydrogen (secondary N) is 1. The Morgan fingerprint density at radius 1 is 0.537 bits per heavy atom. The third kappa shape index (κ3) is 37.1. The van der Waals surface area contributed by atoms with Crippen molar-refractivity contribution in [2.75, 3.05) is 29.2 Å². The second-order valence-electron chi connectivity index (χ2n) is 9.05. The molecule has 0 fully saturated rings. The van der Waals surface area contributed by atoms with Crippen LogP contribution >= 0.6 is 0 Å². The molecule has 0 unspecified atom stereocenters. The normalized spacial score (nSPS) is 7.54. The number of carbonyl (C=O) groups excluding carboxylic acids is 3. The van der Waals surface area contributed by atoms with Gasteiger partial charge in [-0.15, -0.1) is 36.0 Å². The summed E-state index contributed by atoms with van der Waals surface area (Å²) in [4.78, 5) is 37.8. The third-order valence-corrected chi connectivity index (χ3v) is 5.87. The van der Waals surface area contributed by atoms with Crippen LogP contribution in [0.4, 0.5) is 17.1 Å². The van der Waals surface area contributed by atoms with Crippen LogP contribution in [0.2, 0.25) is 0 Å². The Bertz CT molecular complexity index is 1430. The fraction of sp³-hybridized carbons (Fsp3) is 0.400. The molecule has 0 heterocycles. The van der Waals surface area contributed by atoms with Crippen molar-refractivity contribution in [3.05, 3.63) is 91.0 Å². The number of terminal acetylenes is 1. The zero-order valence-corrected chi connectivity index (χ0v) is 43.6. The number of benzene rings is 3. The van der Waals surface area contributed by atoms with Gasteiger partial charge in [0.15, 0.2) is 0 Å². The second-order valence-corrected chi connectivity index (χ2v) is 9.05. The number of nitrogens with zero attached hydrogens (tertiary/aromatic N) is 2. The van der Waals surface area contributed by atoms with Crippen LogP contribution in [0.5, 0.6) is 0 Å². The zero-order valence-electron chi connectivity index (χ0n) is 34.8. The summed E-state index contributed by atoms with van der Waals surface area (Å²) in [6, 6.07) is 28.6. The Kier molecular flexibility index (Phi) is 63.2. The van der Waals surface area contributed by atoms with Crippen molar-refractivity contribution in [1.82, 2.24) is 0 Å². The van der Waals surface area contributed by atoms with E-state index in [1.807, 2.05) is 146 Å². The molecule has 0 aliphatic carbocycles. The van der Waals surface area contributed by atoms with Gasteiger partial charge in [0.1, 0.15) is 0 Å². The van der Waals surface area contributed by atoms with E-state index >= 15 is 0 Å². The molecule has 3 aromatic rings. The zero-order chi connectivity index (χ0) is 39.7. The molecule has 0 saturated carbocycles. The minimum atomic E-state index is 0. The molecule has 6 nitrogen and oxygen atoms in total. The van der Waals surface area contributed by atoms with E-state index in [-0.39, 0.29) is 80.9 Å². The van der Waals surface area contributed by atoms with E-state index in [9.17, 15) is 14.4 Å². The second kappa shape index (κ2) is 51.9. The van der Waals surface area contributed by atoms with E-state index in [4.69, 9.17) is 6.42 Å². The molecule has 54 heavy (non-hydrogen) atoms. The van der Waals surface area contributed by atoms with Gasteiger partial charge in [-0.2, -0.15) is 0 Å². The first-order valence-corrected chi connectivity index (χ1v) is 18.0. The van der Waals surface area contributed by atoms with Crippen molar-refractivity contribution in [3.63, 3.8) is 0 Å². The van der Waals surface area contributed by atoms with Crippen LogP contribution in [-0.2, 0) is 77.6 Å². The van der Waals surface area contributed by atoms with Gasteiger partial charge in [0.05, 0.1) is 0 Å². The topological polar surface area (TPSA) is 69.7 Å². The van der Waals surface area contributed by atoms with Crippen molar-refractivity contribution in [1.29, 1.82) is 0 Å². The van der Waals surface area contributed by atoms with Gasteiger partial charge < -0.3 is 15.1 Å². The summed E-state index contributed by atoms with van der Waals surface area (Å²) >= 11 is 0. The maximum absolute atomic E-state index is 11.7. The molecule has 0 bridgehead atoms. The molecule has 9 heteroatoms. The Balaban J connectivity index is -0.000000109. The van der Waals surface area contributed by atoms with Crippen LogP contribution in [-0.4, -0.2) is 31.8 Å². The minimum Gasteiger partial charge on any atom is -0.326 e. The van der Waals surface area contributed by atoms with Gasteiger partial charge in [-0.3, -0.25) is 14.4 Å². The molecule has 0 radical (unpaired) electrons. The number of hydrogen-bond donors (Lipinski definition) is 1. The third-order valence-electron chi connectivity index (χ3n) is 5.87. The number of hydrogen-bond acceptors (Lipinski definition) is 3. The van der Waals surface area contributed by atoms with Crippen molar-refractivity contribution >= 4 is 34.8 Å². The summed E-state index contributed by atoms with van der Waals surface area (Å²) in [7, 11) is 3.55. The Labute approximate surface area is 373 Å². The fourth-order valence-electron chi connectivity index (χ4n) is 3.45. The van der Waals surface area contributed by atoms with Crippen molar-refractivity contribution < 1.29 is 77.6 Å². The predicted molar refractivity (Wildman–Crippen MR) is 224 cm³/mol. The van der Waals surface area contributed by atoms with Crippen molar-refractivity contribution in [3.8, 4) is 36.0 Å². The molecular formula is C45H65N3O3W3. The molecule has 296 valence electrons. The Hall–Kier alpha value is -3.19. The molecule has 1 N–H and O–H groups in total. The quantitative estimate of drug-likeness (QED) is 0.217.